The molecule has 0 spiro atoms. The standard InChI is InChI=1S/C13H21N3/c1-3-4-12-10(2)15-6-5-13(12)16-8-11(7-14)9-16/h5-6,11H,3-4,7-9,14H2,1-2H3. The Kier molecular flexibility index (Phi) is 3.44. The maximum absolute atomic E-state index is 5.66. The predicted octanol–water partition coefficient (Wildman–Crippen LogP) is 1.74. The quantitative estimate of drug-likeness (QED) is 0.838. The first-order valence-electron chi connectivity index (χ1n) is 6.15. The Labute approximate surface area is 97.7 Å². The second kappa shape index (κ2) is 4.83. The van der Waals surface area contributed by atoms with E-state index >= 15 is 0 Å². The van der Waals surface area contributed by atoms with Crippen LogP contribution in [0.2, 0.25) is 0 Å². The van der Waals surface area contributed by atoms with E-state index in [0.29, 0.717) is 5.92 Å². The van der Waals surface area contributed by atoms with Gasteiger partial charge in [-0.2, -0.15) is 0 Å². The summed E-state index contributed by atoms with van der Waals surface area (Å²) in [6, 6.07) is 2.14. The Hall–Kier alpha value is -1.09. The topological polar surface area (TPSA) is 42.1 Å². The van der Waals surface area contributed by atoms with Crippen LogP contribution in [0.3, 0.4) is 0 Å². The number of aryl methyl sites for hydroxylation is 1. The van der Waals surface area contributed by atoms with Crippen LogP contribution < -0.4 is 10.6 Å². The lowest BCUT2D eigenvalue weighted by Gasteiger charge is -2.41. The summed E-state index contributed by atoms with van der Waals surface area (Å²) in [5.74, 6) is 0.683. The van der Waals surface area contributed by atoms with E-state index in [1.165, 1.54) is 23.4 Å². The molecule has 2 heterocycles. The van der Waals surface area contributed by atoms with Crippen LogP contribution in [0.15, 0.2) is 12.3 Å². The van der Waals surface area contributed by atoms with Crippen molar-refractivity contribution in [3.8, 4) is 0 Å². The normalized spacial score (nSPS) is 16.3. The largest absolute Gasteiger partial charge is 0.370 e. The van der Waals surface area contributed by atoms with Crippen molar-refractivity contribution in [2.75, 3.05) is 24.5 Å². The number of aromatic nitrogens is 1. The van der Waals surface area contributed by atoms with E-state index in [9.17, 15) is 0 Å². The Bertz CT molecular complexity index is 356. The van der Waals surface area contributed by atoms with Gasteiger partial charge in [0.15, 0.2) is 0 Å². The van der Waals surface area contributed by atoms with Gasteiger partial charge in [0.25, 0.3) is 0 Å². The highest BCUT2D eigenvalue weighted by atomic mass is 15.2. The smallest absolute Gasteiger partial charge is 0.0432 e. The van der Waals surface area contributed by atoms with Crippen LogP contribution in [0.1, 0.15) is 24.6 Å². The summed E-state index contributed by atoms with van der Waals surface area (Å²) < 4.78 is 0. The lowest BCUT2D eigenvalue weighted by molar-refractivity contribution is 0.419. The first kappa shape index (κ1) is 11.4. The fourth-order valence-corrected chi connectivity index (χ4v) is 2.35. The van der Waals surface area contributed by atoms with Gasteiger partial charge in [0.2, 0.25) is 0 Å². The van der Waals surface area contributed by atoms with Gasteiger partial charge in [0.05, 0.1) is 0 Å². The lowest BCUT2D eigenvalue weighted by Crippen LogP contribution is -2.50. The van der Waals surface area contributed by atoms with Crippen molar-refractivity contribution in [2.45, 2.75) is 26.7 Å². The SMILES string of the molecule is CCCc1c(N2CC(CN)C2)ccnc1C. The molecule has 1 saturated heterocycles. The highest BCUT2D eigenvalue weighted by Crippen LogP contribution is 2.29. The molecule has 2 N–H and O–H groups in total. The summed E-state index contributed by atoms with van der Waals surface area (Å²) in [7, 11) is 0. The average molecular weight is 219 g/mol. The van der Waals surface area contributed by atoms with E-state index in [4.69, 9.17) is 5.73 Å². The maximum atomic E-state index is 5.66. The van der Waals surface area contributed by atoms with Crippen molar-refractivity contribution in [1.82, 2.24) is 4.98 Å². The fraction of sp³-hybridized carbons (Fsp3) is 0.615. The number of anilines is 1. The molecule has 0 atom stereocenters. The van der Waals surface area contributed by atoms with Crippen LogP contribution >= 0.6 is 0 Å². The van der Waals surface area contributed by atoms with E-state index in [1.807, 2.05) is 6.20 Å². The minimum atomic E-state index is 0.683. The van der Waals surface area contributed by atoms with Gasteiger partial charge in [0.1, 0.15) is 0 Å². The summed E-state index contributed by atoms with van der Waals surface area (Å²) in [6.45, 7) is 7.35. The van der Waals surface area contributed by atoms with Gasteiger partial charge < -0.3 is 10.6 Å². The second-order valence-electron chi connectivity index (χ2n) is 4.65. The molecule has 0 saturated carbocycles. The molecule has 0 unspecified atom stereocenters. The molecule has 1 aliphatic heterocycles. The van der Waals surface area contributed by atoms with Crippen molar-refractivity contribution < 1.29 is 0 Å². The molecule has 0 amide bonds. The number of hydrogen-bond donors (Lipinski definition) is 1. The third-order valence-corrected chi connectivity index (χ3v) is 3.38. The molecule has 1 aliphatic rings. The van der Waals surface area contributed by atoms with Crippen molar-refractivity contribution in [1.29, 1.82) is 0 Å². The second-order valence-corrected chi connectivity index (χ2v) is 4.65. The zero-order valence-electron chi connectivity index (χ0n) is 10.2. The van der Waals surface area contributed by atoms with E-state index in [0.717, 1.165) is 26.1 Å². The molecule has 0 radical (unpaired) electrons. The molecular weight excluding hydrogens is 198 g/mol. The van der Waals surface area contributed by atoms with Crippen molar-refractivity contribution in [3.05, 3.63) is 23.5 Å². The van der Waals surface area contributed by atoms with Gasteiger partial charge in [-0.05, 0) is 31.5 Å². The first-order chi connectivity index (χ1) is 7.76. The van der Waals surface area contributed by atoms with Crippen LogP contribution in [-0.2, 0) is 6.42 Å². The van der Waals surface area contributed by atoms with E-state index in [1.54, 1.807) is 0 Å². The molecule has 2 rings (SSSR count). The highest BCUT2D eigenvalue weighted by Gasteiger charge is 2.27. The Balaban J connectivity index is 2.17. The zero-order valence-corrected chi connectivity index (χ0v) is 10.2. The minimum Gasteiger partial charge on any atom is -0.370 e. The fourth-order valence-electron chi connectivity index (χ4n) is 2.35. The first-order valence-corrected chi connectivity index (χ1v) is 6.15. The molecule has 16 heavy (non-hydrogen) atoms. The number of nitrogens with two attached hydrogens (primary N) is 1. The van der Waals surface area contributed by atoms with Gasteiger partial charge in [-0.15, -0.1) is 0 Å². The number of hydrogen-bond acceptors (Lipinski definition) is 3. The maximum Gasteiger partial charge on any atom is 0.0432 e. The molecule has 0 aromatic carbocycles. The molecule has 3 nitrogen and oxygen atoms in total. The number of pyridine rings is 1. The van der Waals surface area contributed by atoms with Crippen LogP contribution in [0, 0.1) is 12.8 Å². The Morgan fingerprint density at radius 3 is 2.88 bits per heavy atom. The molecule has 1 fully saturated rings. The van der Waals surface area contributed by atoms with Crippen molar-refractivity contribution >= 4 is 5.69 Å². The Morgan fingerprint density at radius 2 is 2.25 bits per heavy atom. The van der Waals surface area contributed by atoms with Crippen LogP contribution in [-0.4, -0.2) is 24.6 Å². The van der Waals surface area contributed by atoms with Crippen LogP contribution in [0.4, 0.5) is 5.69 Å². The van der Waals surface area contributed by atoms with Gasteiger partial charge >= 0.3 is 0 Å². The van der Waals surface area contributed by atoms with Gasteiger partial charge in [-0.1, -0.05) is 13.3 Å². The molecule has 1 aromatic heterocycles. The summed E-state index contributed by atoms with van der Waals surface area (Å²) in [5.41, 5.74) is 9.63. The molecule has 3 heteroatoms. The monoisotopic (exact) mass is 219 g/mol. The highest BCUT2D eigenvalue weighted by molar-refractivity contribution is 5.56. The van der Waals surface area contributed by atoms with Crippen molar-refractivity contribution in [2.24, 2.45) is 11.7 Å². The van der Waals surface area contributed by atoms with Crippen LogP contribution in [0.5, 0.6) is 0 Å². The average Bonchev–Trinajstić information content (AvgIpc) is 2.21. The number of nitrogens with zero attached hydrogens (tertiary/aromatic N) is 2. The molecule has 0 bridgehead atoms. The van der Waals surface area contributed by atoms with E-state index < -0.39 is 0 Å². The lowest BCUT2D eigenvalue weighted by atomic mass is 9.97. The minimum absolute atomic E-state index is 0.683. The van der Waals surface area contributed by atoms with E-state index in [-0.39, 0.29) is 0 Å². The molecular formula is C13H21N3. The summed E-state index contributed by atoms with van der Waals surface area (Å²) >= 11 is 0. The molecule has 1 aromatic rings. The van der Waals surface area contributed by atoms with E-state index in [2.05, 4.69) is 29.8 Å². The summed E-state index contributed by atoms with van der Waals surface area (Å²) in [4.78, 5) is 6.81. The van der Waals surface area contributed by atoms with Crippen LogP contribution in [0.25, 0.3) is 0 Å². The van der Waals surface area contributed by atoms with Gasteiger partial charge in [-0.25, -0.2) is 0 Å². The number of rotatable bonds is 4. The van der Waals surface area contributed by atoms with Gasteiger partial charge in [0, 0.05) is 36.6 Å². The predicted molar refractivity (Wildman–Crippen MR) is 67.7 cm³/mol. The zero-order chi connectivity index (χ0) is 11.5. The summed E-state index contributed by atoms with van der Waals surface area (Å²) in [6.07, 6.45) is 4.21. The third kappa shape index (κ3) is 2.05. The molecule has 88 valence electrons. The molecule has 0 aliphatic carbocycles. The van der Waals surface area contributed by atoms with Crippen molar-refractivity contribution in [3.63, 3.8) is 0 Å². The summed E-state index contributed by atoms with van der Waals surface area (Å²) in [5, 5.41) is 0. The third-order valence-electron chi connectivity index (χ3n) is 3.38. The van der Waals surface area contributed by atoms with Gasteiger partial charge in [-0.3, -0.25) is 4.98 Å². The Morgan fingerprint density at radius 1 is 1.50 bits per heavy atom.